The Morgan fingerprint density at radius 3 is 1.82 bits per heavy atom. The fourth-order valence-electron chi connectivity index (χ4n) is 3.95. The fourth-order valence-corrected chi connectivity index (χ4v) is 3.95. The number of benzene rings is 1. The van der Waals surface area contributed by atoms with Crippen molar-refractivity contribution >= 4 is 11.4 Å². The molecule has 1 radical (unpaired) electrons. The second-order valence-corrected chi connectivity index (χ2v) is 10.0. The molecule has 1 aromatic carbocycles. The van der Waals surface area contributed by atoms with Crippen molar-refractivity contribution in [1.29, 1.82) is 0 Å². The molecule has 0 bridgehead atoms. The van der Waals surface area contributed by atoms with E-state index in [2.05, 4.69) is 82.7 Å². The number of hydrogen-bond donors (Lipinski definition) is 0. The third kappa shape index (κ3) is 13.1. The zero-order valence-electron chi connectivity index (χ0n) is 24.3. The van der Waals surface area contributed by atoms with E-state index in [-0.39, 0.29) is 36.9 Å². The molecule has 1 aliphatic carbocycles. The predicted octanol–water partition coefficient (Wildman–Crippen LogP) is 9.78. The van der Waals surface area contributed by atoms with Crippen molar-refractivity contribution < 1.29 is 36.9 Å². The smallest absolute Gasteiger partial charge is 0.0391 e. The number of aliphatic imine (C=N–C) groups is 1. The first-order chi connectivity index (χ1) is 18.3. The molecule has 0 aliphatic heterocycles. The summed E-state index contributed by atoms with van der Waals surface area (Å²) >= 11 is 0. The van der Waals surface area contributed by atoms with Crippen molar-refractivity contribution in [1.82, 2.24) is 9.97 Å². The van der Waals surface area contributed by atoms with Gasteiger partial charge in [0.1, 0.15) is 0 Å². The molecule has 5 heteroatoms. The molecule has 4 nitrogen and oxygen atoms in total. The van der Waals surface area contributed by atoms with Gasteiger partial charge in [-0.05, 0) is 37.5 Å². The topological polar surface area (TPSA) is 52.2 Å². The van der Waals surface area contributed by atoms with Crippen LogP contribution in [0.4, 0.5) is 5.69 Å². The van der Waals surface area contributed by atoms with E-state index in [4.69, 9.17) is 10.3 Å². The zero-order valence-corrected chi connectivity index (χ0v) is 25.9. The molecule has 2 aromatic heterocycles. The van der Waals surface area contributed by atoms with Gasteiger partial charge in [0.05, 0.1) is 0 Å². The summed E-state index contributed by atoms with van der Waals surface area (Å²) < 4.78 is 0. The average Bonchev–Trinajstić information content (AvgIpc) is 2.91. The van der Waals surface area contributed by atoms with E-state index in [0.29, 0.717) is 11.8 Å². The first-order valence-corrected chi connectivity index (χ1v) is 13.9. The third-order valence-corrected chi connectivity index (χ3v) is 6.09. The second kappa shape index (κ2) is 19.7. The summed E-state index contributed by atoms with van der Waals surface area (Å²) in [4.78, 5) is 12.6. The molecular weight excluding hydrogens is 639 g/mol. The van der Waals surface area contributed by atoms with E-state index in [1.807, 2.05) is 36.4 Å². The van der Waals surface area contributed by atoms with Crippen LogP contribution >= 0.6 is 0 Å². The fraction of sp³-hybridized carbons (Fsp3) is 0.382. The van der Waals surface area contributed by atoms with Gasteiger partial charge in [-0.25, -0.2) is 13.8 Å². The molecule has 39 heavy (non-hydrogen) atoms. The van der Waals surface area contributed by atoms with Crippen molar-refractivity contribution in [3.05, 3.63) is 120 Å². The molecule has 0 unspecified atom stereocenters. The first-order valence-electron chi connectivity index (χ1n) is 13.9. The van der Waals surface area contributed by atoms with Crippen molar-refractivity contribution in [2.24, 2.45) is 4.99 Å². The molecule has 0 atom stereocenters. The minimum absolute atomic E-state index is 0. The number of allylic oxidation sites excluding steroid dienone is 2. The molecule has 219 valence electrons. The minimum atomic E-state index is 0. The number of unbranched alkanes of at least 4 members (excludes halogenated alkanes) is 1. The molecule has 2 heterocycles. The Bertz CT molecular complexity index is 1060. The van der Waals surface area contributed by atoms with Gasteiger partial charge < -0.3 is 5.32 Å². The summed E-state index contributed by atoms with van der Waals surface area (Å²) in [6.45, 7) is 19.4. The Labute approximate surface area is 267 Å². The van der Waals surface area contributed by atoms with Crippen LogP contribution in [0.15, 0.2) is 83.8 Å². The molecule has 3 aromatic rings. The molecule has 0 amide bonds. The number of nitrogens with zero attached hydrogens (tertiary/aromatic N) is 4. The molecule has 1 aliphatic rings. The normalized spacial score (nSPS) is 13.4. The van der Waals surface area contributed by atoms with Gasteiger partial charge in [-0.15, -0.1) is 34.9 Å². The maximum atomic E-state index is 5.15. The quantitative estimate of drug-likeness (QED) is 0.184. The van der Waals surface area contributed by atoms with E-state index in [1.54, 1.807) is 12.4 Å². The minimum Gasteiger partial charge on any atom is -0.656 e. The van der Waals surface area contributed by atoms with Gasteiger partial charge in [0.15, 0.2) is 0 Å². The van der Waals surface area contributed by atoms with Gasteiger partial charge in [0.25, 0.3) is 0 Å². The number of rotatable bonds is 7. The van der Waals surface area contributed by atoms with E-state index < -0.39 is 0 Å². The van der Waals surface area contributed by atoms with Crippen molar-refractivity contribution in [2.75, 3.05) is 6.54 Å². The average molecular weight is 685 g/mol. The molecule has 0 N–H and O–H groups in total. The molecular formula is C34H45LuN4-3. The van der Waals surface area contributed by atoms with Crippen molar-refractivity contribution in [3.63, 3.8) is 0 Å². The van der Waals surface area contributed by atoms with Crippen LogP contribution in [-0.2, 0) is 0 Å². The third-order valence-electron chi connectivity index (χ3n) is 6.09. The van der Waals surface area contributed by atoms with Crippen molar-refractivity contribution in [2.45, 2.75) is 78.6 Å². The summed E-state index contributed by atoms with van der Waals surface area (Å²) in [5.74, 6) is 0.958. The summed E-state index contributed by atoms with van der Waals surface area (Å²) in [5.41, 5.74) is 7.85. The molecule has 0 saturated heterocycles. The Kier molecular flexibility index (Phi) is 17.6. The van der Waals surface area contributed by atoms with E-state index >= 15 is 0 Å². The van der Waals surface area contributed by atoms with Gasteiger partial charge in [0, 0.05) is 61.5 Å². The Morgan fingerprint density at radius 2 is 1.41 bits per heavy atom. The van der Waals surface area contributed by atoms with E-state index in [9.17, 15) is 0 Å². The van der Waals surface area contributed by atoms with Crippen LogP contribution < -0.4 is 0 Å². The van der Waals surface area contributed by atoms with Crippen LogP contribution in [0, 0.1) is 50.7 Å². The van der Waals surface area contributed by atoms with Crippen LogP contribution in [0.1, 0.15) is 101 Å². The maximum absolute atomic E-state index is 5.15. The van der Waals surface area contributed by atoms with Crippen LogP contribution in [0.5, 0.6) is 0 Å². The number of hydrogen-bond acceptors (Lipinski definition) is 3. The van der Waals surface area contributed by atoms with E-state index in [0.717, 1.165) is 42.9 Å². The summed E-state index contributed by atoms with van der Waals surface area (Å²) in [5, 5.41) is 5.15. The first kappa shape index (κ1) is 34.7. The van der Waals surface area contributed by atoms with Crippen LogP contribution in [0.25, 0.3) is 5.32 Å². The summed E-state index contributed by atoms with van der Waals surface area (Å²) in [6.07, 6.45) is 11.5. The molecule has 0 saturated carbocycles. The van der Waals surface area contributed by atoms with Crippen LogP contribution in [-0.4, -0.2) is 22.2 Å². The van der Waals surface area contributed by atoms with Gasteiger partial charge in [-0.3, -0.25) is 15.0 Å². The van der Waals surface area contributed by atoms with Gasteiger partial charge in [-0.1, -0.05) is 88.6 Å². The molecule has 4 rings (SSSR count). The van der Waals surface area contributed by atoms with Gasteiger partial charge in [0.2, 0.25) is 0 Å². The Hall–Kier alpha value is -2.30. The van der Waals surface area contributed by atoms with Crippen molar-refractivity contribution in [3.8, 4) is 0 Å². The zero-order chi connectivity index (χ0) is 27.8. The van der Waals surface area contributed by atoms with Gasteiger partial charge >= 0.3 is 0 Å². The summed E-state index contributed by atoms with van der Waals surface area (Å²) in [6, 6.07) is 17.9. The number of para-hydroxylation sites is 1. The molecule has 0 fully saturated rings. The monoisotopic (exact) mass is 684 g/mol. The van der Waals surface area contributed by atoms with Crippen LogP contribution in [0.3, 0.4) is 0 Å². The summed E-state index contributed by atoms with van der Waals surface area (Å²) in [7, 11) is 0. The Morgan fingerprint density at radius 1 is 0.846 bits per heavy atom. The number of aromatic nitrogens is 2. The standard InChI is InChI=1S/C22H33N2.2C6H6N.Lu/c1-6-7-15-23-20-13-8-9-14-21(20)24-22-18(16(2)3)11-10-12-19(22)17(4)5;2*1-6-4-2-3-5-7-6;/h10-12,14,16-17H,6-9,13,15H2,1-5H3;2*2-5H,1H2;/q3*-1;. The SMILES string of the molecule is CCCCN=C1CCCC=C1[N-]c1c(C(C)C)cccc1C(C)C.[CH2-]c1ccccn1.[CH2-]c1ccccn1.[Lu]. The largest absolute Gasteiger partial charge is 0.656 e. The second-order valence-electron chi connectivity index (χ2n) is 10.0. The predicted molar refractivity (Wildman–Crippen MR) is 164 cm³/mol. The maximum Gasteiger partial charge on any atom is 0.0391 e. The van der Waals surface area contributed by atoms with E-state index in [1.165, 1.54) is 35.4 Å². The van der Waals surface area contributed by atoms with Gasteiger partial charge in [-0.2, -0.15) is 12.1 Å². The Balaban J connectivity index is 0.000000410. The van der Waals surface area contributed by atoms with Crippen LogP contribution in [0.2, 0.25) is 0 Å². The molecule has 0 spiro atoms. The number of pyridine rings is 2.